The average molecular weight is 259 g/mol. The molecule has 0 spiro atoms. The summed E-state index contributed by atoms with van der Waals surface area (Å²) in [6.07, 6.45) is 1.34. The average Bonchev–Trinajstić information content (AvgIpc) is 2.29. The predicted molar refractivity (Wildman–Crippen MR) is 65.8 cm³/mol. The van der Waals surface area contributed by atoms with Crippen molar-refractivity contribution in [3.8, 4) is 0 Å². The van der Waals surface area contributed by atoms with Crippen molar-refractivity contribution in [2.45, 2.75) is 32.3 Å². The Morgan fingerprint density at radius 3 is 2.76 bits per heavy atom. The Morgan fingerprint density at radius 2 is 2.24 bits per heavy atom. The number of ether oxygens (including phenoxy) is 1. The van der Waals surface area contributed by atoms with E-state index in [9.17, 15) is 9.18 Å². The number of benzene rings is 1. The zero-order valence-electron chi connectivity index (χ0n) is 10.0. The minimum absolute atomic E-state index is 0.0251. The number of hydrogen-bond acceptors (Lipinski definition) is 2. The van der Waals surface area contributed by atoms with Gasteiger partial charge in [-0.1, -0.05) is 31.0 Å². The van der Waals surface area contributed by atoms with E-state index in [1.165, 1.54) is 25.3 Å². The quantitative estimate of drug-likeness (QED) is 0.782. The zero-order chi connectivity index (χ0) is 12.8. The zero-order valence-corrected chi connectivity index (χ0v) is 10.8. The third-order valence-electron chi connectivity index (χ3n) is 2.57. The van der Waals surface area contributed by atoms with Crippen LogP contribution in [0, 0.1) is 5.82 Å². The SMILES string of the molecule is CCCC(OC)C(=O)Cc1ccc(F)cc1Cl. The molecular formula is C13H16ClFO2. The van der Waals surface area contributed by atoms with E-state index >= 15 is 0 Å². The van der Waals surface area contributed by atoms with E-state index in [4.69, 9.17) is 16.3 Å². The topological polar surface area (TPSA) is 26.3 Å². The molecule has 0 aliphatic rings. The van der Waals surface area contributed by atoms with Gasteiger partial charge in [-0.2, -0.15) is 0 Å². The summed E-state index contributed by atoms with van der Waals surface area (Å²) in [5, 5.41) is 0.282. The van der Waals surface area contributed by atoms with Gasteiger partial charge in [0.2, 0.25) is 0 Å². The number of carbonyl (C=O) groups is 1. The molecule has 2 nitrogen and oxygen atoms in total. The number of hydrogen-bond donors (Lipinski definition) is 0. The third-order valence-corrected chi connectivity index (χ3v) is 2.93. The molecule has 0 aliphatic carbocycles. The van der Waals surface area contributed by atoms with Gasteiger partial charge in [-0.15, -0.1) is 0 Å². The number of carbonyl (C=O) groups excluding carboxylic acids is 1. The van der Waals surface area contributed by atoms with Crippen molar-refractivity contribution in [2.75, 3.05) is 7.11 Å². The van der Waals surface area contributed by atoms with Gasteiger partial charge in [-0.05, 0) is 24.1 Å². The van der Waals surface area contributed by atoms with E-state index in [1.807, 2.05) is 6.92 Å². The fourth-order valence-corrected chi connectivity index (χ4v) is 1.87. The molecule has 0 radical (unpaired) electrons. The molecule has 0 saturated carbocycles. The van der Waals surface area contributed by atoms with Crippen molar-refractivity contribution in [1.82, 2.24) is 0 Å². The Morgan fingerprint density at radius 1 is 1.53 bits per heavy atom. The molecule has 0 aliphatic heterocycles. The van der Waals surface area contributed by atoms with Crippen molar-refractivity contribution in [3.63, 3.8) is 0 Å². The summed E-state index contributed by atoms with van der Waals surface area (Å²) in [5.41, 5.74) is 0.635. The number of Topliss-reactive ketones (excluding diaryl/α,β-unsaturated/α-hetero) is 1. The van der Waals surface area contributed by atoms with Crippen LogP contribution in [-0.2, 0) is 16.0 Å². The molecule has 0 aromatic heterocycles. The van der Waals surface area contributed by atoms with E-state index in [2.05, 4.69) is 0 Å². The summed E-state index contributed by atoms with van der Waals surface area (Å²) < 4.78 is 18.0. The van der Waals surface area contributed by atoms with Gasteiger partial charge in [-0.25, -0.2) is 4.39 Å². The van der Waals surface area contributed by atoms with Gasteiger partial charge in [0.15, 0.2) is 5.78 Å². The molecule has 0 saturated heterocycles. The van der Waals surface area contributed by atoms with Crippen LogP contribution in [0.3, 0.4) is 0 Å². The van der Waals surface area contributed by atoms with E-state index in [0.717, 1.165) is 6.42 Å². The summed E-state index contributed by atoms with van der Waals surface area (Å²) in [6, 6.07) is 4.05. The van der Waals surface area contributed by atoms with Gasteiger partial charge < -0.3 is 4.74 Å². The van der Waals surface area contributed by atoms with Crippen LogP contribution in [0.1, 0.15) is 25.3 Å². The fourth-order valence-electron chi connectivity index (χ4n) is 1.64. The van der Waals surface area contributed by atoms with Crippen LogP contribution >= 0.6 is 11.6 Å². The first-order chi connectivity index (χ1) is 8.08. The summed E-state index contributed by atoms with van der Waals surface area (Å²) in [4.78, 5) is 11.9. The summed E-state index contributed by atoms with van der Waals surface area (Å²) in [6.45, 7) is 1.99. The second kappa shape index (κ2) is 6.72. The standard InChI is InChI=1S/C13H16ClFO2/c1-3-4-13(17-2)12(16)7-9-5-6-10(15)8-11(9)14/h5-6,8,13H,3-4,7H2,1-2H3. The van der Waals surface area contributed by atoms with Crippen molar-refractivity contribution < 1.29 is 13.9 Å². The van der Waals surface area contributed by atoms with Gasteiger partial charge >= 0.3 is 0 Å². The number of rotatable bonds is 6. The molecule has 94 valence electrons. The maximum Gasteiger partial charge on any atom is 0.165 e. The number of halogens is 2. The third kappa shape index (κ3) is 4.10. The molecule has 0 bridgehead atoms. The van der Waals surface area contributed by atoms with Crippen molar-refractivity contribution in [2.24, 2.45) is 0 Å². The van der Waals surface area contributed by atoms with Gasteiger partial charge in [0.05, 0.1) is 0 Å². The molecule has 1 unspecified atom stereocenters. The maximum atomic E-state index is 12.8. The smallest absolute Gasteiger partial charge is 0.165 e. The first kappa shape index (κ1) is 14.1. The van der Waals surface area contributed by atoms with Crippen molar-refractivity contribution in [3.05, 3.63) is 34.6 Å². The van der Waals surface area contributed by atoms with E-state index in [-0.39, 0.29) is 17.2 Å². The fraction of sp³-hybridized carbons (Fsp3) is 0.462. The second-order valence-electron chi connectivity index (χ2n) is 3.89. The first-order valence-corrected chi connectivity index (χ1v) is 5.95. The van der Waals surface area contributed by atoms with Crippen molar-refractivity contribution >= 4 is 17.4 Å². The van der Waals surface area contributed by atoms with Crippen LogP contribution in [-0.4, -0.2) is 19.0 Å². The second-order valence-corrected chi connectivity index (χ2v) is 4.30. The summed E-state index contributed by atoms with van der Waals surface area (Å²) in [5.74, 6) is -0.425. The lowest BCUT2D eigenvalue weighted by molar-refractivity contribution is -0.128. The van der Waals surface area contributed by atoms with E-state index < -0.39 is 11.9 Å². The highest BCUT2D eigenvalue weighted by Crippen LogP contribution is 2.19. The molecule has 0 fully saturated rings. The largest absolute Gasteiger partial charge is 0.374 e. The number of ketones is 1. The Bertz CT molecular complexity index is 393. The lowest BCUT2D eigenvalue weighted by Crippen LogP contribution is -2.24. The molecular weight excluding hydrogens is 243 g/mol. The molecule has 17 heavy (non-hydrogen) atoms. The maximum absolute atomic E-state index is 12.8. The highest BCUT2D eigenvalue weighted by molar-refractivity contribution is 6.31. The molecule has 0 heterocycles. The lowest BCUT2D eigenvalue weighted by Gasteiger charge is -2.13. The Labute approximate surface area is 106 Å². The van der Waals surface area contributed by atoms with Crippen LogP contribution in [0.25, 0.3) is 0 Å². The van der Waals surface area contributed by atoms with E-state index in [1.54, 1.807) is 0 Å². The van der Waals surface area contributed by atoms with Crippen LogP contribution in [0.4, 0.5) is 4.39 Å². The minimum Gasteiger partial charge on any atom is -0.374 e. The Balaban J connectivity index is 2.73. The normalized spacial score (nSPS) is 12.5. The molecule has 0 N–H and O–H groups in total. The molecule has 1 atom stereocenters. The molecule has 4 heteroatoms. The predicted octanol–water partition coefficient (Wildman–Crippen LogP) is 3.41. The Kier molecular flexibility index (Phi) is 5.59. The monoisotopic (exact) mass is 258 g/mol. The minimum atomic E-state index is -0.402. The van der Waals surface area contributed by atoms with Crippen LogP contribution in [0.15, 0.2) is 18.2 Å². The van der Waals surface area contributed by atoms with Gasteiger partial charge in [0.1, 0.15) is 11.9 Å². The van der Waals surface area contributed by atoms with Crippen LogP contribution in [0.2, 0.25) is 5.02 Å². The van der Waals surface area contributed by atoms with Crippen molar-refractivity contribution in [1.29, 1.82) is 0 Å². The number of methoxy groups -OCH3 is 1. The van der Waals surface area contributed by atoms with Crippen LogP contribution < -0.4 is 0 Å². The lowest BCUT2D eigenvalue weighted by atomic mass is 10.0. The summed E-state index contributed by atoms with van der Waals surface area (Å²) >= 11 is 5.87. The van der Waals surface area contributed by atoms with Gasteiger partial charge in [-0.3, -0.25) is 4.79 Å². The van der Waals surface area contributed by atoms with Gasteiger partial charge in [0, 0.05) is 18.6 Å². The van der Waals surface area contributed by atoms with Gasteiger partial charge in [0.25, 0.3) is 0 Å². The van der Waals surface area contributed by atoms with Crippen LogP contribution in [0.5, 0.6) is 0 Å². The molecule has 1 rings (SSSR count). The molecule has 0 amide bonds. The molecule has 1 aromatic carbocycles. The molecule has 1 aromatic rings. The first-order valence-electron chi connectivity index (χ1n) is 5.58. The van der Waals surface area contributed by atoms with E-state index in [0.29, 0.717) is 12.0 Å². The highest BCUT2D eigenvalue weighted by Gasteiger charge is 2.18. The highest BCUT2D eigenvalue weighted by atomic mass is 35.5. The Hall–Kier alpha value is -0.930. The summed E-state index contributed by atoms with van der Waals surface area (Å²) in [7, 11) is 1.52.